The standard InChI is InChI=1S/C18H21FN4O/c1-13-10-15(18(24)22-14-6-7-20-16(19)11-14)17(21-12-13)23-8-4-2-3-5-9-23/h6-7,10-12H,2-5,8-9H2,1H3,(H,20,22,24). The van der Waals surface area contributed by atoms with Crippen molar-refractivity contribution in [2.24, 2.45) is 0 Å². The average Bonchev–Trinajstić information content (AvgIpc) is 2.84. The topological polar surface area (TPSA) is 58.1 Å². The molecule has 0 bridgehead atoms. The molecular weight excluding hydrogens is 307 g/mol. The number of rotatable bonds is 3. The lowest BCUT2D eigenvalue weighted by molar-refractivity contribution is 0.102. The highest BCUT2D eigenvalue weighted by atomic mass is 19.1. The maximum atomic E-state index is 13.2. The zero-order valence-corrected chi connectivity index (χ0v) is 13.8. The number of hydrogen-bond donors (Lipinski definition) is 1. The minimum atomic E-state index is -0.622. The Morgan fingerprint density at radius 1 is 1.17 bits per heavy atom. The third-order valence-electron chi connectivity index (χ3n) is 4.14. The fourth-order valence-corrected chi connectivity index (χ4v) is 2.94. The first-order valence-electron chi connectivity index (χ1n) is 8.28. The van der Waals surface area contributed by atoms with Gasteiger partial charge < -0.3 is 10.2 Å². The molecule has 1 saturated heterocycles. The van der Waals surface area contributed by atoms with Gasteiger partial charge in [0.1, 0.15) is 5.82 Å². The van der Waals surface area contributed by atoms with Crippen molar-refractivity contribution < 1.29 is 9.18 Å². The molecule has 0 radical (unpaired) electrons. The highest BCUT2D eigenvalue weighted by Crippen LogP contribution is 2.23. The van der Waals surface area contributed by atoms with Gasteiger partial charge in [0, 0.05) is 37.2 Å². The van der Waals surface area contributed by atoms with Crippen molar-refractivity contribution in [1.82, 2.24) is 9.97 Å². The molecular formula is C18H21FN4O. The van der Waals surface area contributed by atoms with Crippen LogP contribution in [0.15, 0.2) is 30.6 Å². The van der Waals surface area contributed by atoms with Crippen molar-refractivity contribution in [2.75, 3.05) is 23.3 Å². The van der Waals surface area contributed by atoms with Gasteiger partial charge in [-0.1, -0.05) is 12.8 Å². The summed E-state index contributed by atoms with van der Waals surface area (Å²) < 4.78 is 13.2. The average molecular weight is 328 g/mol. The minimum Gasteiger partial charge on any atom is -0.356 e. The molecule has 1 N–H and O–H groups in total. The van der Waals surface area contributed by atoms with Gasteiger partial charge in [0.25, 0.3) is 5.91 Å². The summed E-state index contributed by atoms with van der Waals surface area (Å²) in [5, 5.41) is 2.74. The van der Waals surface area contributed by atoms with Crippen molar-refractivity contribution >= 4 is 17.4 Å². The fraction of sp³-hybridized carbons (Fsp3) is 0.389. The lowest BCUT2D eigenvalue weighted by Gasteiger charge is -2.24. The third kappa shape index (κ3) is 3.88. The van der Waals surface area contributed by atoms with E-state index in [1.54, 1.807) is 12.3 Å². The maximum Gasteiger partial charge on any atom is 0.259 e. The zero-order valence-electron chi connectivity index (χ0n) is 13.8. The van der Waals surface area contributed by atoms with E-state index in [4.69, 9.17) is 0 Å². The predicted octanol–water partition coefficient (Wildman–Crippen LogP) is 3.56. The van der Waals surface area contributed by atoms with Gasteiger partial charge in [0.05, 0.1) is 5.56 Å². The molecule has 0 atom stereocenters. The van der Waals surface area contributed by atoms with Crippen LogP contribution >= 0.6 is 0 Å². The Hall–Kier alpha value is -2.50. The summed E-state index contributed by atoms with van der Waals surface area (Å²) in [5.74, 6) is -0.200. The van der Waals surface area contributed by atoms with Crippen LogP contribution in [0.1, 0.15) is 41.6 Å². The molecule has 1 amide bonds. The van der Waals surface area contributed by atoms with Gasteiger partial charge in [0.15, 0.2) is 0 Å². The summed E-state index contributed by atoms with van der Waals surface area (Å²) >= 11 is 0. The lowest BCUT2D eigenvalue weighted by atomic mass is 10.1. The van der Waals surface area contributed by atoms with Gasteiger partial charge in [0.2, 0.25) is 5.95 Å². The summed E-state index contributed by atoms with van der Waals surface area (Å²) in [7, 11) is 0. The normalized spacial score (nSPS) is 15.0. The Bertz CT molecular complexity index is 727. The van der Waals surface area contributed by atoms with E-state index in [-0.39, 0.29) is 5.91 Å². The highest BCUT2D eigenvalue weighted by molar-refractivity contribution is 6.07. The molecule has 3 heterocycles. The number of amides is 1. The molecule has 5 nitrogen and oxygen atoms in total. The molecule has 1 aliphatic rings. The minimum absolute atomic E-state index is 0.281. The predicted molar refractivity (Wildman–Crippen MR) is 91.8 cm³/mol. The molecule has 0 spiro atoms. The summed E-state index contributed by atoms with van der Waals surface area (Å²) in [6.45, 7) is 3.71. The van der Waals surface area contributed by atoms with E-state index in [1.807, 2.05) is 13.0 Å². The Morgan fingerprint density at radius 2 is 1.92 bits per heavy atom. The van der Waals surface area contributed by atoms with Crippen molar-refractivity contribution in [3.63, 3.8) is 0 Å². The van der Waals surface area contributed by atoms with E-state index in [1.165, 1.54) is 25.1 Å². The summed E-state index contributed by atoms with van der Waals surface area (Å²) in [4.78, 5) is 22.9. The Balaban J connectivity index is 1.88. The second kappa shape index (κ2) is 7.38. The largest absolute Gasteiger partial charge is 0.356 e. The molecule has 1 fully saturated rings. The van der Waals surface area contributed by atoms with Crippen LogP contribution < -0.4 is 10.2 Å². The number of carbonyl (C=O) groups is 1. The van der Waals surface area contributed by atoms with Crippen molar-refractivity contribution in [2.45, 2.75) is 32.6 Å². The molecule has 0 unspecified atom stereocenters. The van der Waals surface area contributed by atoms with Gasteiger partial charge in [-0.25, -0.2) is 9.97 Å². The number of aromatic nitrogens is 2. The van der Waals surface area contributed by atoms with Crippen LogP contribution in [0, 0.1) is 12.9 Å². The molecule has 6 heteroatoms. The number of anilines is 2. The molecule has 126 valence electrons. The maximum absolute atomic E-state index is 13.2. The van der Waals surface area contributed by atoms with Crippen LogP contribution in [-0.4, -0.2) is 29.0 Å². The molecule has 0 aromatic carbocycles. The van der Waals surface area contributed by atoms with Crippen molar-refractivity contribution in [3.8, 4) is 0 Å². The quantitative estimate of drug-likeness (QED) is 0.875. The summed E-state index contributed by atoms with van der Waals surface area (Å²) in [5.41, 5.74) is 1.82. The third-order valence-corrected chi connectivity index (χ3v) is 4.14. The van der Waals surface area contributed by atoms with E-state index in [2.05, 4.69) is 20.2 Å². The van der Waals surface area contributed by atoms with Crippen LogP contribution in [-0.2, 0) is 0 Å². The van der Waals surface area contributed by atoms with E-state index < -0.39 is 5.95 Å². The van der Waals surface area contributed by atoms with Gasteiger partial charge in [-0.2, -0.15) is 4.39 Å². The molecule has 3 rings (SSSR count). The van der Waals surface area contributed by atoms with Crippen LogP contribution in [0.25, 0.3) is 0 Å². The molecule has 1 aliphatic heterocycles. The zero-order chi connectivity index (χ0) is 16.9. The Kier molecular flexibility index (Phi) is 5.03. The van der Waals surface area contributed by atoms with Crippen LogP contribution in [0.5, 0.6) is 0 Å². The molecule has 24 heavy (non-hydrogen) atoms. The number of pyridine rings is 2. The number of hydrogen-bond acceptors (Lipinski definition) is 4. The van der Waals surface area contributed by atoms with Gasteiger partial charge >= 0.3 is 0 Å². The number of carbonyl (C=O) groups excluding carboxylic acids is 1. The second-order valence-electron chi connectivity index (χ2n) is 6.11. The van der Waals surface area contributed by atoms with Gasteiger partial charge in [-0.15, -0.1) is 0 Å². The molecule has 2 aromatic rings. The monoisotopic (exact) mass is 328 g/mol. The summed E-state index contributed by atoms with van der Waals surface area (Å²) in [6, 6.07) is 4.60. The first kappa shape index (κ1) is 16.4. The molecule has 0 aliphatic carbocycles. The first-order chi connectivity index (χ1) is 11.6. The van der Waals surface area contributed by atoms with Gasteiger partial charge in [-0.3, -0.25) is 4.79 Å². The number of nitrogens with one attached hydrogen (secondary N) is 1. The van der Waals surface area contributed by atoms with E-state index in [0.29, 0.717) is 17.1 Å². The molecule has 0 saturated carbocycles. The second-order valence-corrected chi connectivity index (χ2v) is 6.11. The molecule has 2 aromatic heterocycles. The lowest BCUT2D eigenvalue weighted by Crippen LogP contribution is -2.28. The number of aryl methyl sites for hydroxylation is 1. The van der Waals surface area contributed by atoms with Crippen LogP contribution in [0.2, 0.25) is 0 Å². The van der Waals surface area contributed by atoms with Gasteiger partial charge in [-0.05, 0) is 37.5 Å². The summed E-state index contributed by atoms with van der Waals surface area (Å²) in [6.07, 6.45) is 7.73. The Morgan fingerprint density at radius 3 is 2.62 bits per heavy atom. The Labute approximate surface area is 140 Å². The van der Waals surface area contributed by atoms with Crippen molar-refractivity contribution in [1.29, 1.82) is 0 Å². The highest BCUT2D eigenvalue weighted by Gasteiger charge is 2.20. The number of halogens is 1. The van der Waals surface area contributed by atoms with E-state index >= 15 is 0 Å². The number of nitrogens with zero attached hydrogens (tertiary/aromatic N) is 3. The van der Waals surface area contributed by atoms with E-state index in [0.717, 1.165) is 31.5 Å². The van der Waals surface area contributed by atoms with Crippen LogP contribution in [0.3, 0.4) is 0 Å². The SMILES string of the molecule is Cc1cnc(N2CCCCCC2)c(C(=O)Nc2ccnc(F)c2)c1. The van der Waals surface area contributed by atoms with E-state index in [9.17, 15) is 9.18 Å². The van der Waals surface area contributed by atoms with Crippen LogP contribution in [0.4, 0.5) is 15.9 Å². The first-order valence-corrected chi connectivity index (χ1v) is 8.28. The fourth-order valence-electron chi connectivity index (χ4n) is 2.94. The van der Waals surface area contributed by atoms with Crippen molar-refractivity contribution in [3.05, 3.63) is 47.7 Å². The smallest absolute Gasteiger partial charge is 0.259 e.